The smallest absolute Gasteiger partial charge is 0.412 e. The molecule has 0 radical (unpaired) electrons. The van der Waals surface area contributed by atoms with Gasteiger partial charge < -0.3 is 9.47 Å². The van der Waals surface area contributed by atoms with Gasteiger partial charge in [0, 0.05) is 28.1 Å². The zero-order chi connectivity index (χ0) is 28.3. The van der Waals surface area contributed by atoms with Gasteiger partial charge in [-0.1, -0.05) is 18.3 Å². The van der Waals surface area contributed by atoms with E-state index in [9.17, 15) is 18.5 Å². The molecule has 1 aromatic carbocycles. The molecule has 202 valence electrons. The number of nitrogens with one attached hydrogen (secondary N) is 1. The number of nitrogens with zero attached hydrogens (tertiary/aromatic N) is 4. The molecule has 3 aromatic heterocycles. The molecule has 0 saturated heterocycles. The van der Waals surface area contributed by atoms with Crippen LogP contribution in [-0.4, -0.2) is 40.8 Å². The molecule has 0 aliphatic carbocycles. The van der Waals surface area contributed by atoms with E-state index in [1.807, 2.05) is 6.07 Å². The van der Waals surface area contributed by atoms with Crippen molar-refractivity contribution < 1.29 is 31.5 Å². The Morgan fingerprint density at radius 3 is 2.59 bits per heavy atom. The average Bonchev–Trinajstić information content (AvgIpc) is 3.48. The minimum absolute atomic E-state index is 0.0173. The maximum absolute atomic E-state index is 16.3. The molecule has 1 aliphatic rings. The number of hydrogen-bond donors (Lipinski definition) is 1. The molecule has 1 amide bonds. The molecule has 1 N–H and O–H groups in total. The summed E-state index contributed by atoms with van der Waals surface area (Å²) in [5.74, 6) is -2.22. The number of pyridine rings is 1. The number of nitriles is 1. The number of thiophene rings is 1. The molecule has 0 saturated carbocycles. The summed E-state index contributed by atoms with van der Waals surface area (Å²) in [4.78, 5) is 24.6. The van der Waals surface area contributed by atoms with Crippen molar-refractivity contribution >= 4 is 53.4 Å². The molecule has 0 fully saturated rings. The first-order valence-electron chi connectivity index (χ1n) is 11.7. The van der Waals surface area contributed by atoms with Gasteiger partial charge in [-0.3, -0.25) is 5.32 Å². The second kappa shape index (κ2) is 9.44. The fraction of sp³-hybridized carbons (Fsp3) is 0.320. The Balaban J connectivity index is 1.81. The van der Waals surface area contributed by atoms with Gasteiger partial charge in [0.15, 0.2) is 5.82 Å². The van der Waals surface area contributed by atoms with Gasteiger partial charge in [-0.15, -0.1) is 0 Å². The fourth-order valence-corrected chi connectivity index (χ4v) is 6.00. The molecular weight excluding hydrogens is 552 g/mol. The Labute approximate surface area is 225 Å². The monoisotopic (exact) mass is 573 g/mol. The SMILES string of the molecule is CCS(=O)(=O)c1ncc2c3c(c(-c4c(F)cnc5sc(NC(=O)OC(C)(C)C)c(C#N)c45)c(F)c2n1)COC3. The highest BCUT2D eigenvalue weighted by Crippen LogP contribution is 2.46. The van der Waals surface area contributed by atoms with Gasteiger partial charge in [0.05, 0.1) is 30.7 Å². The summed E-state index contributed by atoms with van der Waals surface area (Å²) in [5, 5.41) is 12.2. The van der Waals surface area contributed by atoms with Gasteiger partial charge in [0.1, 0.15) is 32.8 Å². The summed E-state index contributed by atoms with van der Waals surface area (Å²) in [6, 6.07) is 1.96. The molecule has 4 heterocycles. The van der Waals surface area contributed by atoms with Crippen LogP contribution in [0.4, 0.5) is 18.6 Å². The molecule has 39 heavy (non-hydrogen) atoms. The Hall–Kier alpha value is -3.80. The standard InChI is InChI=1S/C25H21F2N5O5S2/c1-5-39(34,35)23-30-7-12-13-9-36-10-14(13)16(19(27)20(12)31-23)18-15(26)8-29-22-17(18)11(6-28)21(38-22)32-24(33)37-25(2,3)4/h7-8H,5,9-10H2,1-4H3,(H,32,33). The maximum atomic E-state index is 16.3. The normalized spacial score (nSPS) is 13.5. The van der Waals surface area contributed by atoms with Crippen LogP contribution in [0.25, 0.3) is 32.2 Å². The van der Waals surface area contributed by atoms with E-state index in [1.54, 1.807) is 20.8 Å². The topological polar surface area (TPSA) is 144 Å². The van der Waals surface area contributed by atoms with Crippen LogP contribution in [0.2, 0.25) is 0 Å². The Morgan fingerprint density at radius 1 is 1.21 bits per heavy atom. The van der Waals surface area contributed by atoms with Gasteiger partial charge >= 0.3 is 6.09 Å². The van der Waals surface area contributed by atoms with Gasteiger partial charge in [-0.25, -0.2) is 36.9 Å². The number of sulfone groups is 1. The van der Waals surface area contributed by atoms with Crippen LogP contribution in [0.5, 0.6) is 0 Å². The first-order valence-corrected chi connectivity index (χ1v) is 14.1. The number of ether oxygens (including phenoxy) is 2. The second-order valence-corrected chi connectivity index (χ2v) is 12.8. The molecule has 0 unspecified atom stereocenters. The van der Waals surface area contributed by atoms with E-state index in [2.05, 4.69) is 20.3 Å². The van der Waals surface area contributed by atoms with Crippen LogP contribution in [0, 0.1) is 23.0 Å². The number of fused-ring (bicyclic) bond motifs is 4. The zero-order valence-electron chi connectivity index (χ0n) is 21.2. The molecule has 0 atom stereocenters. The van der Waals surface area contributed by atoms with E-state index >= 15 is 8.78 Å². The van der Waals surface area contributed by atoms with Crippen LogP contribution >= 0.6 is 11.3 Å². The van der Waals surface area contributed by atoms with Crippen molar-refractivity contribution in [3.05, 3.63) is 40.7 Å². The average molecular weight is 574 g/mol. The van der Waals surface area contributed by atoms with E-state index < -0.39 is 38.3 Å². The maximum Gasteiger partial charge on any atom is 0.412 e. The van der Waals surface area contributed by atoms with E-state index in [1.165, 1.54) is 13.1 Å². The van der Waals surface area contributed by atoms with Crippen molar-refractivity contribution in [1.29, 1.82) is 5.26 Å². The predicted molar refractivity (Wildman–Crippen MR) is 139 cm³/mol. The van der Waals surface area contributed by atoms with Crippen molar-refractivity contribution in [1.82, 2.24) is 15.0 Å². The Morgan fingerprint density at radius 2 is 1.92 bits per heavy atom. The number of anilines is 1. The highest BCUT2D eigenvalue weighted by atomic mass is 32.2. The number of halogens is 2. The molecule has 5 rings (SSSR count). The number of carbonyl (C=O) groups is 1. The lowest BCUT2D eigenvalue weighted by atomic mass is 9.91. The summed E-state index contributed by atoms with van der Waals surface area (Å²) >= 11 is 0.901. The van der Waals surface area contributed by atoms with E-state index in [0.717, 1.165) is 17.5 Å². The van der Waals surface area contributed by atoms with Crippen LogP contribution in [0.15, 0.2) is 17.6 Å². The summed E-state index contributed by atoms with van der Waals surface area (Å²) in [6.07, 6.45) is 1.28. The predicted octanol–water partition coefficient (Wildman–Crippen LogP) is 5.23. The van der Waals surface area contributed by atoms with Gasteiger partial charge in [-0.05, 0) is 31.9 Å². The van der Waals surface area contributed by atoms with Gasteiger partial charge in [0.25, 0.3) is 0 Å². The van der Waals surface area contributed by atoms with Crippen LogP contribution < -0.4 is 5.32 Å². The number of aromatic nitrogens is 3. The van der Waals surface area contributed by atoms with E-state index in [4.69, 9.17) is 9.47 Å². The molecule has 0 spiro atoms. The molecule has 4 aromatic rings. The Kier molecular flexibility index (Phi) is 6.48. The van der Waals surface area contributed by atoms with E-state index in [0.29, 0.717) is 11.1 Å². The van der Waals surface area contributed by atoms with Crippen molar-refractivity contribution in [2.24, 2.45) is 0 Å². The number of hydrogen-bond acceptors (Lipinski definition) is 10. The highest BCUT2D eigenvalue weighted by molar-refractivity contribution is 7.91. The lowest BCUT2D eigenvalue weighted by Crippen LogP contribution is -2.27. The minimum atomic E-state index is -3.87. The zero-order valence-corrected chi connectivity index (χ0v) is 22.8. The van der Waals surface area contributed by atoms with Crippen molar-refractivity contribution in [2.45, 2.75) is 51.7 Å². The molecule has 0 bridgehead atoms. The van der Waals surface area contributed by atoms with E-state index in [-0.39, 0.29) is 61.8 Å². The second-order valence-electron chi connectivity index (χ2n) is 9.66. The number of carbonyl (C=O) groups excluding carboxylic acids is 1. The quantitative estimate of drug-likeness (QED) is 0.325. The first kappa shape index (κ1) is 26.8. The van der Waals surface area contributed by atoms with Crippen molar-refractivity contribution in [2.75, 3.05) is 11.1 Å². The van der Waals surface area contributed by atoms with Crippen molar-refractivity contribution in [3.63, 3.8) is 0 Å². The third kappa shape index (κ3) is 4.56. The summed E-state index contributed by atoms with van der Waals surface area (Å²) in [7, 11) is -3.87. The minimum Gasteiger partial charge on any atom is -0.444 e. The highest BCUT2D eigenvalue weighted by Gasteiger charge is 2.32. The molecule has 1 aliphatic heterocycles. The molecule has 14 heteroatoms. The summed E-state index contributed by atoms with van der Waals surface area (Å²) in [6.45, 7) is 6.40. The lowest BCUT2D eigenvalue weighted by Gasteiger charge is -2.19. The summed E-state index contributed by atoms with van der Waals surface area (Å²) in [5.41, 5.74) is -0.969. The number of amides is 1. The summed E-state index contributed by atoms with van der Waals surface area (Å²) < 4.78 is 67.6. The fourth-order valence-electron chi connectivity index (χ4n) is 4.31. The van der Waals surface area contributed by atoms with Gasteiger partial charge in [-0.2, -0.15) is 5.26 Å². The van der Waals surface area contributed by atoms with Crippen LogP contribution in [0.3, 0.4) is 0 Å². The van der Waals surface area contributed by atoms with Crippen LogP contribution in [0.1, 0.15) is 44.4 Å². The lowest BCUT2D eigenvalue weighted by molar-refractivity contribution is 0.0636. The first-order chi connectivity index (χ1) is 18.4. The van der Waals surface area contributed by atoms with Crippen molar-refractivity contribution in [3.8, 4) is 17.2 Å². The Bertz CT molecular complexity index is 1840. The number of rotatable bonds is 4. The van der Waals surface area contributed by atoms with Crippen LogP contribution in [-0.2, 0) is 32.5 Å². The molecule has 10 nitrogen and oxygen atoms in total. The third-order valence-electron chi connectivity index (χ3n) is 5.99. The van der Waals surface area contributed by atoms with Gasteiger partial charge in [0.2, 0.25) is 15.0 Å². The molecular formula is C25H21F2N5O5S2. The number of benzene rings is 1. The third-order valence-corrected chi connectivity index (χ3v) is 8.51. The largest absolute Gasteiger partial charge is 0.444 e.